The predicted molar refractivity (Wildman–Crippen MR) is 134 cm³/mol. The first-order valence-electron chi connectivity index (χ1n) is 11.6. The Kier molecular flexibility index (Phi) is 7.77. The number of carbonyl (C=O) groups is 3. The maximum absolute atomic E-state index is 12.4. The third-order valence-electron chi connectivity index (χ3n) is 6.14. The SMILES string of the molecule is COC(=O)C(Cc1ccc([N+](=O)[O-])cc1)NC(=O)CNC(=O)OCC1c2ccccc2-c2ccccc21. The molecule has 0 saturated carbocycles. The van der Waals surface area contributed by atoms with Crippen LogP contribution in [0.2, 0.25) is 0 Å². The lowest BCUT2D eigenvalue weighted by atomic mass is 9.98. The molecule has 4 rings (SSSR count). The van der Waals surface area contributed by atoms with Gasteiger partial charge in [0.05, 0.1) is 12.0 Å². The minimum absolute atomic E-state index is 0.0569. The van der Waals surface area contributed by atoms with Crippen LogP contribution >= 0.6 is 0 Å². The molecule has 2 amide bonds. The molecule has 190 valence electrons. The summed E-state index contributed by atoms with van der Waals surface area (Å²) in [6.45, 7) is -0.309. The van der Waals surface area contributed by atoms with Gasteiger partial charge in [-0.3, -0.25) is 14.9 Å². The van der Waals surface area contributed by atoms with E-state index >= 15 is 0 Å². The highest BCUT2D eigenvalue weighted by Gasteiger charge is 2.29. The summed E-state index contributed by atoms with van der Waals surface area (Å²) in [7, 11) is 1.19. The second kappa shape index (κ2) is 11.3. The smallest absolute Gasteiger partial charge is 0.407 e. The van der Waals surface area contributed by atoms with Crippen LogP contribution in [0, 0.1) is 10.1 Å². The van der Waals surface area contributed by atoms with E-state index in [2.05, 4.69) is 10.6 Å². The molecular formula is C27H25N3O7. The fourth-order valence-corrected chi connectivity index (χ4v) is 4.37. The summed E-state index contributed by atoms with van der Waals surface area (Å²) in [6.07, 6.45) is -0.705. The third-order valence-corrected chi connectivity index (χ3v) is 6.14. The normalized spacial score (nSPS) is 12.6. The van der Waals surface area contributed by atoms with Crippen LogP contribution in [0.25, 0.3) is 11.1 Å². The first-order chi connectivity index (χ1) is 17.9. The van der Waals surface area contributed by atoms with Crippen molar-refractivity contribution in [2.45, 2.75) is 18.4 Å². The number of amides is 2. The minimum Gasteiger partial charge on any atom is -0.467 e. The van der Waals surface area contributed by atoms with Gasteiger partial charge in [0.15, 0.2) is 0 Å². The monoisotopic (exact) mass is 503 g/mol. The van der Waals surface area contributed by atoms with Gasteiger partial charge in [0.25, 0.3) is 5.69 Å². The van der Waals surface area contributed by atoms with E-state index in [0.29, 0.717) is 5.56 Å². The zero-order valence-corrected chi connectivity index (χ0v) is 20.0. The molecule has 0 fully saturated rings. The molecule has 3 aromatic rings. The lowest BCUT2D eigenvalue weighted by Crippen LogP contribution is -2.47. The van der Waals surface area contributed by atoms with Gasteiger partial charge in [-0.15, -0.1) is 0 Å². The van der Waals surface area contributed by atoms with E-state index in [4.69, 9.17) is 9.47 Å². The number of benzene rings is 3. The van der Waals surface area contributed by atoms with Gasteiger partial charge in [-0.2, -0.15) is 0 Å². The number of nitrogens with one attached hydrogen (secondary N) is 2. The van der Waals surface area contributed by atoms with Crippen LogP contribution in [-0.4, -0.2) is 49.2 Å². The van der Waals surface area contributed by atoms with Gasteiger partial charge >= 0.3 is 12.1 Å². The highest BCUT2D eigenvalue weighted by molar-refractivity contribution is 5.87. The molecule has 1 aliphatic carbocycles. The number of esters is 1. The van der Waals surface area contributed by atoms with E-state index in [0.717, 1.165) is 22.3 Å². The van der Waals surface area contributed by atoms with Gasteiger partial charge in [0.2, 0.25) is 5.91 Å². The Morgan fingerprint density at radius 1 is 0.946 bits per heavy atom. The van der Waals surface area contributed by atoms with Crippen LogP contribution in [0.3, 0.4) is 0 Å². The summed E-state index contributed by atoms with van der Waals surface area (Å²) in [6, 6.07) is 20.5. The van der Waals surface area contributed by atoms with Crippen molar-refractivity contribution in [3.63, 3.8) is 0 Å². The number of methoxy groups -OCH3 is 1. The number of nitro benzene ring substituents is 1. The highest BCUT2D eigenvalue weighted by atomic mass is 16.6. The van der Waals surface area contributed by atoms with E-state index in [-0.39, 0.29) is 24.6 Å². The van der Waals surface area contributed by atoms with Crippen molar-refractivity contribution in [1.29, 1.82) is 0 Å². The molecule has 0 heterocycles. The van der Waals surface area contributed by atoms with Crippen molar-refractivity contribution >= 4 is 23.7 Å². The number of nitrogens with zero attached hydrogens (tertiary/aromatic N) is 1. The molecule has 1 aliphatic rings. The maximum Gasteiger partial charge on any atom is 0.407 e. The van der Waals surface area contributed by atoms with Gasteiger partial charge in [-0.05, 0) is 27.8 Å². The van der Waals surface area contributed by atoms with Crippen molar-refractivity contribution in [2.75, 3.05) is 20.3 Å². The summed E-state index contributed by atoms with van der Waals surface area (Å²) < 4.78 is 10.2. The standard InChI is InChI=1S/C27H25N3O7/c1-36-26(32)24(14-17-10-12-18(13-11-17)30(34)35)29-25(31)15-28-27(33)37-16-23-21-8-4-2-6-19(21)20-7-3-5-9-22(20)23/h2-13,23-24H,14-16H2,1H3,(H,28,33)(H,29,31). The molecule has 37 heavy (non-hydrogen) atoms. The largest absolute Gasteiger partial charge is 0.467 e. The van der Waals surface area contributed by atoms with Crippen LogP contribution in [-0.2, 0) is 25.5 Å². The fourth-order valence-electron chi connectivity index (χ4n) is 4.37. The Hall–Kier alpha value is -4.73. The van der Waals surface area contributed by atoms with E-state index < -0.39 is 35.5 Å². The summed E-state index contributed by atoms with van der Waals surface area (Å²) >= 11 is 0. The van der Waals surface area contributed by atoms with Gasteiger partial charge in [0.1, 0.15) is 19.2 Å². The van der Waals surface area contributed by atoms with Crippen molar-refractivity contribution in [1.82, 2.24) is 10.6 Å². The third kappa shape index (κ3) is 5.92. The number of hydrogen-bond donors (Lipinski definition) is 2. The van der Waals surface area contributed by atoms with Crippen molar-refractivity contribution in [3.05, 3.63) is 99.6 Å². The van der Waals surface area contributed by atoms with E-state index in [1.54, 1.807) is 0 Å². The van der Waals surface area contributed by atoms with Gasteiger partial charge in [-0.25, -0.2) is 9.59 Å². The summed E-state index contributed by atoms with van der Waals surface area (Å²) in [5.74, 6) is -1.42. The van der Waals surface area contributed by atoms with Crippen molar-refractivity contribution in [3.8, 4) is 11.1 Å². The number of rotatable bonds is 9. The Bertz CT molecular complexity index is 1280. The van der Waals surface area contributed by atoms with Crippen molar-refractivity contribution < 1.29 is 28.8 Å². The van der Waals surface area contributed by atoms with Crippen LogP contribution in [0.4, 0.5) is 10.5 Å². The van der Waals surface area contributed by atoms with Gasteiger partial charge in [-0.1, -0.05) is 60.7 Å². The molecule has 0 saturated heterocycles. The van der Waals surface area contributed by atoms with E-state index in [9.17, 15) is 24.5 Å². The van der Waals surface area contributed by atoms with Crippen LogP contribution in [0.5, 0.6) is 0 Å². The number of non-ortho nitro benzene ring substituents is 1. The van der Waals surface area contributed by atoms with E-state index in [1.165, 1.54) is 31.4 Å². The number of fused-ring (bicyclic) bond motifs is 3. The molecule has 1 atom stereocenters. The molecule has 1 unspecified atom stereocenters. The zero-order valence-electron chi connectivity index (χ0n) is 20.0. The predicted octanol–water partition coefficient (Wildman–Crippen LogP) is 3.33. The van der Waals surface area contributed by atoms with Gasteiger partial charge < -0.3 is 20.1 Å². The first kappa shape index (κ1) is 25.4. The Balaban J connectivity index is 1.30. The highest BCUT2D eigenvalue weighted by Crippen LogP contribution is 2.44. The molecule has 0 bridgehead atoms. The Labute approximate surface area is 212 Å². The lowest BCUT2D eigenvalue weighted by Gasteiger charge is -2.17. The molecule has 0 spiro atoms. The van der Waals surface area contributed by atoms with E-state index in [1.807, 2.05) is 48.5 Å². The lowest BCUT2D eigenvalue weighted by molar-refractivity contribution is -0.384. The summed E-state index contributed by atoms with van der Waals surface area (Å²) in [4.78, 5) is 47.2. The van der Waals surface area contributed by atoms with Crippen LogP contribution < -0.4 is 10.6 Å². The molecule has 0 aromatic heterocycles. The van der Waals surface area contributed by atoms with Crippen LogP contribution in [0.15, 0.2) is 72.8 Å². The topological polar surface area (TPSA) is 137 Å². The molecule has 0 aliphatic heterocycles. The zero-order chi connectivity index (χ0) is 26.4. The molecule has 3 aromatic carbocycles. The second-order valence-electron chi connectivity index (χ2n) is 8.45. The summed E-state index contributed by atoms with van der Waals surface area (Å²) in [5, 5.41) is 15.7. The molecule has 10 nitrogen and oxygen atoms in total. The molecule has 2 N–H and O–H groups in total. The van der Waals surface area contributed by atoms with Crippen molar-refractivity contribution in [2.24, 2.45) is 0 Å². The Morgan fingerprint density at radius 3 is 2.11 bits per heavy atom. The molecular weight excluding hydrogens is 478 g/mol. The Morgan fingerprint density at radius 2 is 1.54 bits per heavy atom. The number of nitro groups is 1. The second-order valence-corrected chi connectivity index (χ2v) is 8.45. The quantitative estimate of drug-likeness (QED) is 0.260. The average Bonchev–Trinajstić information content (AvgIpc) is 3.23. The number of alkyl carbamates (subject to hydrolysis) is 1. The van der Waals surface area contributed by atoms with Gasteiger partial charge in [0, 0.05) is 24.5 Å². The maximum atomic E-state index is 12.4. The minimum atomic E-state index is -1.04. The molecule has 10 heteroatoms. The fraction of sp³-hybridized carbons (Fsp3) is 0.222. The summed E-state index contributed by atoms with van der Waals surface area (Å²) in [5.41, 5.74) is 4.85. The molecule has 0 radical (unpaired) electrons. The van der Waals surface area contributed by atoms with Crippen LogP contribution in [0.1, 0.15) is 22.6 Å². The number of hydrogen-bond acceptors (Lipinski definition) is 7. The number of carbonyl (C=O) groups excluding carboxylic acids is 3. The average molecular weight is 504 g/mol. The first-order valence-corrected chi connectivity index (χ1v) is 11.6. The number of ether oxygens (including phenoxy) is 2.